The highest BCUT2D eigenvalue weighted by molar-refractivity contribution is 6.73. The van der Waals surface area contributed by atoms with Gasteiger partial charge in [-0.3, -0.25) is 0 Å². The van der Waals surface area contributed by atoms with Gasteiger partial charge in [-0.15, -0.1) is 0 Å². The highest BCUT2D eigenvalue weighted by atomic mass is 28.3. The molecule has 3 nitrogen and oxygen atoms in total. The smallest absolute Gasteiger partial charge is 0.171 e. The molecule has 0 amide bonds. The van der Waals surface area contributed by atoms with E-state index >= 15 is 0 Å². The second-order valence-corrected chi connectivity index (χ2v) is 7.97. The van der Waals surface area contributed by atoms with E-state index in [4.69, 9.17) is 0 Å². The van der Waals surface area contributed by atoms with E-state index in [1.54, 1.807) is 7.05 Å². The van der Waals surface area contributed by atoms with E-state index in [0.717, 1.165) is 0 Å². The van der Waals surface area contributed by atoms with Crippen LogP contribution < -0.4 is 0 Å². The zero-order valence-corrected chi connectivity index (χ0v) is 7.84. The molecule has 0 saturated heterocycles. The summed E-state index contributed by atoms with van der Waals surface area (Å²) in [7, 11) is 2.45. The number of rotatable bonds is 2. The van der Waals surface area contributed by atoms with Gasteiger partial charge in [0.1, 0.15) is 0 Å². The number of nitrogens with zero attached hydrogens (tertiary/aromatic N) is 3. The molecule has 0 spiro atoms. The predicted molar refractivity (Wildman–Crippen MR) is 41.9 cm³/mol. The lowest BCUT2D eigenvalue weighted by atomic mass is 11.5. The van der Waals surface area contributed by atoms with Crippen LogP contribution in [0.15, 0.2) is 10.3 Å². The van der Waals surface area contributed by atoms with Crippen LogP contribution in [0.3, 0.4) is 0 Å². The van der Waals surface area contributed by atoms with Gasteiger partial charge >= 0.3 is 0 Å². The van der Waals surface area contributed by atoms with Crippen LogP contribution in [0.25, 0.3) is 0 Å². The first-order chi connectivity index (χ1) is 3.98. The van der Waals surface area contributed by atoms with Crippen LogP contribution in [0, 0.1) is 0 Å². The molecule has 0 N–H and O–H groups in total. The first kappa shape index (κ1) is 8.62. The van der Waals surface area contributed by atoms with Gasteiger partial charge in [-0.25, -0.2) is 0 Å². The molecule has 0 unspecified atom stereocenters. The molecule has 0 aliphatic rings. The Bertz CT molecular complexity index is 105. The molecule has 0 aromatic carbocycles. The summed E-state index contributed by atoms with van der Waals surface area (Å²) in [6, 6.07) is 0. The third kappa shape index (κ3) is 3.24. The van der Waals surface area contributed by atoms with Gasteiger partial charge < -0.3 is 4.67 Å². The largest absolute Gasteiger partial charge is 0.310 e. The van der Waals surface area contributed by atoms with Crippen molar-refractivity contribution in [2.45, 2.75) is 19.6 Å². The normalized spacial score (nSPS) is 12.6. The summed E-state index contributed by atoms with van der Waals surface area (Å²) in [4.78, 5) is 0. The molecule has 0 aliphatic carbocycles. The van der Waals surface area contributed by atoms with Crippen LogP contribution in [0.4, 0.5) is 0 Å². The van der Waals surface area contributed by atoms with E-state index in [2.05, 4.69) is 30.0 Å². The lowest BCUT2D eigenvalue weighted by Crippen LogP contribution is -2.38. The molecule has 0 heterocycles. The summed E-state index contributed by atoms with van der Waals surface area (Å²) in [6.07, 6.45) is 0. The fourth-order valence-electron chi connectivity index (χ4n) is 0.268. The molecule has 0 fully saturated rings. The molecule has 0 atom stereocenters. The summed E-state index contributed by atoms with van der Waals surface area (Å²) in [5, 5.41) is 7.60. The minimum absolute atomic E-state index is 1.21. The SMILES string of the molecule is CN=NN(C)[Si](C)(C)C. The minimum Gasteiger partial charge on any atom is -0.310 e. The van der Waals surface area contributed by atoms with Gasteiger partial charge in [-0.1, -0.05) is 24.9 Å². The van der Waals surface area contributed by atoms with Crippen LogP contribution in [-0.4, -0.2) is 27.0 Å². The fraction of sp³-hybridized carbons (Fsp3) is 1.00. The van der Waals surface area contributed by atoms with Crippen molar-refractivity contribution >= 4 is 8.24 Å². The van der Waals surface area contributed by atoms with Crippen LogP contribution in [0.1, 0.15) is 0 Å². The van der Waals surface area contributed by atoms with Crippen molar-refractivity contribution in [1.82, 2.24) is 4.67 Å². The monoisotopic (exact) mass is 145 g/mol. The van der Waals surface area contributed by atoms with Crippen molar-refractivity contribution in [3.63, 3.8) is 0 Å². The second kappa shape index (κ2) is 2.96. The van der Waals surface area contributed by atoms with Gasteiger partial charge in [0.15, 0.2) is 8.24 Å². The van der Waals surface area contributed by atoms with Crippen molar-refractivity contribution < 1.29 is 0 Å². The van der Waals surface area contributed by atoms with E-state index in [-0.39, 0.29) is 0 Å². The Kier molecular flexibility index (Phi) is 2.83. The summed E-state index contributed by atoms with van der Waals surface area (Å²) in [5.74, 6) is 0. The zero-order chi connectivity index (χ0) is 7.49. The number of hydrogen-bond acceptors (Lipinski definition) is 2. The molecule has 0 bridgehead atoms. The quantitative estimate of drug-likeness (QED) is 0.330. The van der Waals surface area contributed by atoms with Crippen molar-refractivity contribution in [1.29, 1.82) is 0 Å². The van der Waals surface area contributed by atoms with E-state index in [9.17, 15) is 0 Å². The summed E-state index contributed by atoms with van der Waals surface area (Å²) in [6.45, 7) is 6.67. The molecular weight excluding hydrogens is 130 g/mol. The van der Waals surface area contributed by atoms with Crippen molar-refractivity contribution in [3.05, 3.63) is 0 Å². The van der Waals surface area contributed by atoms with Gasteiger partial charge in [0.05, 0.1) is 7.05 Å². The standard InChI is InChI=1S/C5H15N3Si/c1-6-7-8(2)9(3,4)5/h1-5H3. The average Bonchev–Trinajstić information content (AvgIpc) is 1.64. The fourth-order valence-corrected chi connectivity index (χ4v) is 0.626. The Morgan fingerprint density at radius 2 is 1.67 bits per heavy atom. The maximum Gasteiger partial charge on any atom is 0.171 e. The molecule has 0 rings (SSSR count). The maximum atomic E-state index is 3.92. The maximum absolute atomic E-state index is 3.92. The molecule has 0 aliphatic heterocycles. The third-order valence-electron chi connectivity index (χ3n) is 1.19. The van der Waals surface area contributed by atoms with Gasteiger partial charge in [0.2, 0.25) is 0 Å². The van der Waals surface area contributed by atoms with Crippen molar-refractivity contribution in [3.8, 4) is 0 Å². The van der Waals surface area contributed by atoms with Crippen LogP contribution in [0.2, 0.25) is 19.6 Å². The highest BCUT2D eigenvalue weighted by Crippen LogP contribution is 2.05. The van der Waals surface area contributed by atoms with Crippen molar-refractivity contribution in [2.75, 3.05) is 14.1 Å². The van der Waals surface area contributed by atoms with Crippen LogP contribution >= 0.6 is 0 Å². The number of hydrogen-bond donors (Lipinski definition) is 0. The van der Waals surface area contributed by atoms with E-state index in [0.29, 0.717) is 0 Å². The Hall–Kier alpha value is -0.383. The van der Waals surface area contributed by atoms with Gasteiger partial charge in [-0.05, 0) is 0 Å². The third-order valence-corrected chi connectivity index (χ3v) is 3.23. The molecular formula is C5H15N3Si. The molecule has 0 aromatic heterocycles. The first-order valence-electron chi connectivity index (χ1n) is 3.02. The second-order valence-electron chi connectivity index (χ2n) is 2.98. The Labute approximate surface area is 57.8 Å². The molecule has 0 saturated carbocycles. The van der Waals surface area contributed by atoms with Crippen LogP contribution in [-0.2, 0) is 0 Å². The Balaban J connectivity index is 3.88. The van der Waals surface area contributed by atoms with E-state index < -0.39 is 8.24 Å². The molecule has 9 heavy (non-hydrogen) atoms. The summed E-state index contributed by atoms with van der Waals surface area (Å²) in [5.41, 5.74) is 0. The molecule has 0 radical (unpaired) electrons. The minimum atomic E-state index is -1.21. The Morgan fingerprint density at radius 3 is 1.78 bits per heavy atom. The lowest BCUT2D eigenvalue weighted by Gasteiger charge is -2.24. The predicted octanol–water partition coefficient (Wildman–Crippen LogP) is 1.75. The lowest BCUT2D eigenvalue weighted by molar-refractivity contribution is 0.506. The topological polar surface area (TPSA) is 28.0 Å². The van der Waals surface area contributed by atoms with Gasteiger partial charge in [0, 0.05) is 7.05 Å². The summed E-state index contributed by atoms with van der Waals surface area (Å²) >= 11 is 0. The Morgan fingerprint density at radius 1 is 1.22 bits per heavy atom. The molecule has 4 heteroatoms. The van der Waals surface area contributed by atoms with Gasteiger partial charge in [0.25, 0.3) is 0 Å². The molecule has 54 valence electrons. The average molecular weight is 145 g/mol. The highest BCUT2D eigenvalue weighted by Gasteiger charge is 2.18. The van der Waals surface area contributed by atoms with Gasteiger partial charge in [-0.2, -0.15) is 5.11 Å². The van der Waals surface area contributed by atoms with Crippen molar-refractivity contribution in [2.24, 2.45) is 10.3 Å². The molecule has 0 aromatic rings. The van der Waals surface area contributed by atoms with E-state index in [1.807, 2.05) is 11.7 Å². The summed E-state index contributed by atoms with van der Waals surface area (Å²) < 4.78 is 1.97. The van der Waals surface area contributed by atoms with Crippen LogP contribution in [0.5, 0.6) is 0 Å². The first-order valence-corrected chi connectivity index (χ1v) is 6.47. The van der Waals surface area contributed by atoms with E-state index in [1.165, 1.54) is 0 Å². The zero-order valence-electron chi connectivity index (χ0n) is 6.84.